The van der Waals surface area contributed by atoms with Crippen LogP contribution in [-0.2, 0) is 6.42 Å². The smallest absolute Gasteiger partial charge is 0.258 e. The minimum atomic E-state index is 0.0139. The maximum absolute atomic E-state index is 12.9. The van der Waals surface area contributed by atoms with Gasteiger partial charge in [-0.2, -0.15) is 0 Å². The summed E-state index contributed by atoms with van der Waals surface area (Å²) < 4.78 is 1.99. The molecule has 0 bridgehead atoms. The van der Waals surface area contributed by atoms with Gasteiger partial charge in [0.25, 0.3) is 5.91 Å². The Bertz CT molecular complexity index is 871. The predicted octanol–water partition coefficient (Wildman–Crippen LogP) is 4.33. The molecular formula is C19H15ClN2O. The first-order valence-corrected chi connectivity index (χ1v) is 7.94. The first-order chi connectivity index (χ1) is 11.2. The molecule has 3 aromatic rings. The van der Waals surface area contributed by atoms with Gasteiger partial charge in [-0.05, 0) is 54.4 Å². The molecule has 2 aromatic carbocycles. The molecule has 23 heavy (non-hydrogen) atoms. The van der Waals surface area contributed by atoms with E-state index in [1.807, 2.05) is 76.5 Å². The second-order valence-electron chi connectivity index (χ2n) is 5.62. The third-order valence-electron chi connectivity index (χ3n) is 4.18. The molecule has 1 aliphatic heterocycles. The summed E-state index contributed by atoms with van der Waals surface area (Å²) >= 11 is 6.09. The van der Waals surface area contributed by atoms with Crippen LogP contribution >= 0.6 is 11.6 Å². The molecule has 0 saturated carbocycles. The lowest BCUT2D eigenvalue weighted by molar-refractivity contribution is 0.0989. The molecule has 0 fully saturated rings. The Morgan fingerprint density at radius 1 is 1.00 bits per heavy atom. The SMILES string of the molecule is O=C(c1cccc(-n2cccc2)c1)N1CCc2ccc(Cl)cc21. The van der Waals surface area contributed by atoms with Crippen molar-refractivity contribution in [1.82, 2.24) is 4.57 Å². The number of rotatable bonds is 2. The highest BCUT2D eigenvalue weighted by Gasteiger charge is 2.25. The zero-order valence-corrected chi connectivity index (χ0v) is 13.2. The Hall–Kier alpha value is -2.52. The van der Waals surface area contributed by atoms with E-state index in [4.69, 9.17) is 11.6 Å². The zero-order chi connectivity index (χ0) is 15.8. The van der Waals surface area contributed by atoms with Gasteiger partial charge in [-0.25, -0.2) is 0 Å². The largest absolute Gasteiger partial charge is 0.324 e. The van der Waals surface area contributed by atoms with Crippen LogP contribution < -0.4 is 4.90 Å². The number of carbonyl (C=O) groups is 1. The van der Waals surface area contributed by atoms with E-state index < -0.39 is 0 Å². The average Bonchev–Trinajstić information content (AvgIpc) is 3.24. The molecule has 0 unspecified atom stereocenters. The van der Waals surface area contributed by atoms with Crippen molar-refractivity contribution in [3.8, 4) is 5.69 Å². The Labute approximate surface area is 139 Å². The van der Waals surface area contributed by atoms with E-state index in [0.717, 1.165) is 17.8 Å². The molecule has 114 valence electrons. The fourth-order valence-electron chi connectivity index (χ4n) is 3.03. The van der Waals surface area contributed by atoms with Gasteiger partial charge in [0, 0.05) is 40.9 Å². The van der Waals surface area contributed by atoms with E-state index in [9.17, 15) is 4.79 Å². The summed E-state index contributed by atoms with van der Waals surface area (Å²) in [6, 6.07) is 17.4. The first-order valence-electron chi connectivity index (χ1n) is 7.56. The van der Waals surface area contributed by atoms with Crippen molar-refractivity contribution in [2.24, 2.45) is 0 Å². The van der Waals surface area contributed by atoms with Crippen molar-refractivity contribution >= 4 is 23.2 Å². The number of amides is 1. The van der Waals surface area contributed by atoms with E-state index in [-0.39, 0.29) is 5.91 Å². The van der Waals surface area contributed by atoms with Gasteiger partial charge in [0.15, 0.2) is 0 Å². The van der Waals surface area contributed by atoms with Crippen molar-refractivity contribution in [2.45, 2.75) is 6.42 Å². The number of fused-ring (bicyclic) bond motifs is 1. The summed E-state index contributed by atoms with van der Waals surface area (Å²) in [5.74, 6) is 0.0139. The van der Waals surface area contributed by atoms with Crippen molar-refractivity contribution in [1.29, 1.82) is 0 Å². The van der Waals surface area contributed by atoms with E-state index in [0.29, 0.717) is 17.1 Å². The van der Waals surface area contributed by atoms with E-state index in [1.165, 1.54) is 5.56 Å². The van der Waals surface area contributed by atoms with Crippen LogP contribution in [0.4, 0.5) is 5.69 Å². The number of hydrogen-bond donors (Lipinski definition) is 0. The first kappa shape index (κ1) is 14.1. The summed E-state index contributed by atoms with van der Waals surface area (Å²) in [6.07, 6.45) is 4.80. The number of nitrogens with zero attached hydrogens (tertiary/aromatic N) is 2. The Balaban J connectivity index is 1.69. The minimum absolute atomic E-state index is 0.0139. The molecule has 0 aliphatic carbocycles. The van der Waals surface area contributed by atoms with Crippen LogP contribution in [-0.4, -0.2) is 17.0 Å². The van der Waals surface area contributed by atoms with Crippen LogP contribution in [0.25, 0.3) is 5.69 Å². The standard InChI is InChI=1S/C19H15ClN2O/c20-16-7-6-14-8-11-22(18(14)13-16)19(23)15-4-3-5-17(12-15)21-9-1-2-10-21/h1-7,9-10,12-13H,8,11H2. The molecule has 4 rings (SSSR count). The Kier molecular flexibility index (Phi) is 3.43. The number of anilines is 1. The number of benzene rings is 2. The van der Waals surface area contributed by atoms with E-state index >= 15 is 0 Å². The highest BCUT2D eigenvalue weighted by atomic mass is 35.5. The van der Waals surface area contributed by atoms with Gasteiger partial charge in [-0.1, -0.05) is 23.7 Å². The lowest BCUT2D eigenvalue weighted by Gasteiger charge is -2.18. The van der Waals surface area contributed by atoms with Gasteiger partial charge in [0.1, 0.15) is 0 Å². The monoisotopic (exact) mass is 322 g/mol. The quantitative estimate of drug-likeness (QED) is 0.689. The maximum atomic E-state index is 12.9. The fraction of sp³-hybridized carbons (Fsp3) is 0.105. The molecule has 1 aliphatic rings. The molecular weight excluding hydrogens is 308 g/mol. The lowest BCUT2D eigenvalue weighted by Crippen LogP contribution is -2.28. The second kappa shape index (κ2) is 5.60. The predicted molar refractivity (Wildman–Crippen MR) is 92.6 cm³/mol. The normalized spacial score (nSPS) is 13.2. The van der Waals surface area contributed by atoms with Crippen LogP contribution in [0.15, 0.2) is 67.0 Å². The summed E-state index contributed by atoms with van der Waals surface area (Å²) in [5, 5.41) is 0.657. The van der Waals surface area contributed by atoms with Crippen molar-refractivity contribution in [2.75, 3.05) is 11.4 Å². The third kappa shape index (κ3) is 2.53. The van der Waals surface area contributed by atoms with Gasteiger partial charge < -0.3 is 9.47 Å². The number of aromatic nitrogens is 1. The molecule has 0 atom stereocenters. The average molecular weight is 323 g/mol. The molecule has 3 nitrogen and oxygen atoms in total. The minimum Gasteiger partial charge on any atom is -0.324 e. The fourth-order valence-corrected chi connectivity index (χ4v) is 3.19. The molecule has 0 N–H and O–H groups in total. The molecule has 2 heterocycles. The Morgan fingerprint density at radius 2 is 1.83 bits per heavy atom. The summed E-state index contributed by atoms with van der Waals surface area (Å²) in [7, 11) is 0. The molecule has 0 saturated heterocycles. The summed E-state index contributed by atoms with van der Waals surface area (Å²) in [5.41, 5.74) is 3.76. The highest BCUT2D eigenvalue weighted by Crippen LogP contribution is 2.32. The molecule has 1 amide bonds. The van der Waals surface area contributed by atoms with Gasteiger partial charge in [0.05, 0.1) is 0 Å². The molecule has 0 spiro atoms. The highest BCUT2D eigenvalue weighted by molar-refractivity contribution is 6.31. The molecule has 0 radical (unpaired) electrons. The third-order valence-corrected chi connectivity index (χ3v) is 4.42. The van der Waals surface area contributed by atoms with Crippen LogP contribution in [0.3, 0.4) is 0 Å². The second-order valence-corrected chi connectivity index (χ2v) is 6.06. The van der Waals surface area contributed by atoms with Gasteiger partial charge in [-0.3, -0.25) is 4.79 Å². The topological polar surface area (TPSA) is 25.2 Å². The Morgan fingerprint density at radius 3 is 2.65 bits per heavy atom. The van der Waals surface area contributed by atoms with Crippen LogP contribution in [0.1, 0.15) is 15.9 Å². The van der Waals surface area contributed by atoms with Gasteiger partial charge in [-0.15, -0.1) is 0 Å². The van der Waals surface area contributed by atoms with Crippen LogP contribution in [0.2, 0.25) is 5.02 Å². The maximum Gasteiger partial charge on any atom is 0.258 e. The number of hydrogen-bond acceptors (Lipinski definition) is 1. The van der Waals surface area contributed by atoms with Crippen molar-refractivity contribution in [3.63, 3.8) is 0 Å². The summed E-state index contributed by atoms with van der Waals surface area (Å²) in [6.45, 7) is 0.697. The van der Waals surface area contributed by atoms with Crippen LogP contribution in [0, 0.1) is 0 Å². The van der Waals surface area contributed by atoms with Crippen molar-refractivity contribution < 1.29 is 4.79 Å². The van der Waals surface area contributed by atoms with E-state index in [1.54, 1.807) is 0 Å². The molecule has 1 aromatic heterocycles. The van der Waals surface area contributed by atoms with E-state index in [2.05, 4.69) is 0 Å². The molecule has 4 heteroatoms. The van der Waals surface area contributed by atoms with Crippen LogP contribution in [0.5, 0.6) is 0 Å². The number of carbonyl (C=O) groups excluding carboxylic acids is 1. The van der Waals surface area contributed by atoms with Crippen molar-refractivity contribution in [3.05, 3.63) is 83.1 Å². The summed E-state index contributed by atoms with van der Waals surface area (Å²) in [4.78, 5) is 14.7. The number of halogens is 1. The van der Waals surface area contributed by atoms with Gasteiger partial charge >= 0.3 is 0 Å². The lowest BCUT2D eigenvalue weighted by atomic mass is 10.1. The van der Waals surface area contributed by atoms with Gasteiger partial charge in [0.2, 0.25) is 0 Å². The zero-order valence-electron chi connectivity index (χ0n) is 12.4.